The number of anilines is 1. The highest BCUT2D eigenvalue weighted by Gasteiger charge is 2.22. The first kappa shape index (κ1) is 22.8. The fraction of sp³-hybridized carbons (Fsp3) is 0. The zero-order chi connectivity index (χ0) is 24.5. The molecule has 2 heterocycles. The second-order valence-electron chi connectivity index (χ2n) is 6.67. The van der Waals surface area contributed by atoms with Crippen LogP contribution in [0.5, 0.6) is 11.6 Å². The van der Waals surface area contributed by atoms with Gasteiger partial charge in [0.25, 0.3) is 21.5 Å². The van der Waals surface area contributed by atoms with Crippen LogP contribution in [0.3, 0.4) is 0 Å². The molecule has 2 aromatic heterocycles. The van der Waals surface area contributed by atoms with E-state index >= 15 is 0 Å². The predicted octanol–water partition coefficient (Wildman–Crippen LogP) is 2.92. The number of benzene rings is 2. The molecule has 4 aromatic rings. The van der Waals surface area contributed by atoms with Gasteiger partial charge in [-0.15, -0.1) is 11.3 Å². The molecular weight excluding hydrogens is 488 g/mol. The Balaban J connectivity index is 1.61. The van der Waals surface area contributed by atoms with Crippen LogP contribution in [0, 0.1) is 0 Å². The van der Waals surface area contributed by atoms with E-state index in [1.807, 2.05) is 4.72 Å². The molecule has 0 saturated carbocycles. The lowest BCUT2D eigenvalue weighted by molar-refractivity contribution is 0.140. The second kappa shape index (κ2) is 8.84. The number of carbonyl (C=O) groups excluding carboxylic acids is 1. The molecule has 14 heteroatoms. The van der Waals surface area contributed by atoms with Gasteiger partial charge in [0, 0.05) is 16.1 Å². The van der Waals surface area contributed by atoms with Crippen molar-refractivity contribution >= 4 is 50.0 Å². The molecule has 34 heavy (non-hydrogen) atoms. The third-order valence-corrected chi connectivity index (χ3v) is 6.61. The van der Waals surface area contributed by atoms with Gasteiger partial charge in [0.2, 0.25) is 5.75 Å². The SMILES string of the molecule is O=C(Nc1cscc1-c1nc(OC(=O)O)c(O)c(=O)[nH]1)NS(=O)(=O)c1cccc2ccccc12. The summed E-state index contributed by atoms with van der Waals surface area (Å²) >= 11 is 1.08. The molecule has 0 bridgehead atoms. The van der Waals surface area contributed by atoms with Gasteiger partial charge in [0.15, 0.2) is 0 Å². The molecule has 0 fully saturated rings. The number of aromatic nitrogens is 2. The maximum Gasteiger partial charge on any atom is 0.512 e. The van der Waals surface area contributed by atoms with Crippen LogP contribution in [0.25, 0.3) is 22.2 Å². The lowest BCUT2D eigenvalue weighted by atomic mass is 10.1. The molecule has 5 N–H and O–H groups in total. The number of thiophene rings is 1. The number of hydrogen-bond acceptors (Lipinski definition) is 9. The molecule has 0 aliphatic rings. The van der Waals surface area contributed by atoms with E-state index in [0.717, 1.165) is 11.3 Å². The van der Waals surface area contributed by atoms with Gasteiger partial charge in [0.1, 0.15) is 5.82 Å². The van der Waals surface area contributed by atoms with Gasteiger partial charge in [0.05, 0.1) is 16.1 Å². The van der Waals surface area contributed by atoms with Crippen molar-refractivity contribution in [1.82, 2.24) is 14.7 Å². The number of rotatable bonds is 5. The first-order valence-electron chi connectivity index (χ1n) is 9.28. The second-order valence-corrected chi connectivity index (χ2v) is 9.07. The topological polar surface area (TPSA) is 188 Å². The van der Waals surface area contributed by atoms with Gasteiger partial charge >= 0.3 is 12.2 Å². The number of fused-ring (bicyclic) bond motifs is 1. The number of carboxylic acid groups (broad SMARTS) is 1. The van der Waals surface area contributed by atoms with E-state index in [4.69, 9.17) is 5.11 Å². The number of amides is 2. The van der Waals surface area contributed by atoms with Gasteiger partial charge in [-0.2, -0.15) is 4.98 Å². The Morgan fingerprint density at radius 1 is 1.09 bits per heavy atom. The molecular formula is C20H14N4O8S2. The molecule has 2 amide bonds. The van der Waals surface area contributed by atoms with Gasteiger partial charge in [-0.25, -0.2) is 22.7 Å². The van der Waals surface area contributed by atoms with Crippen molar-refractivity contribution in [2.45, 2.75) is 4.90 Å². The lowest BCUT2D eigenvalue weighted by Crippen LogP contribution is -2.34. The van der Waals surface area contributed by atoms with E-state index in [9.17, 15) is 27.9 Å². The minimum Gasteiger partial charge on any atom is -0.499 e. The highest BCUT2D eigenvalue weighted by molar-refractivity contribution is 7.90. The number of ether oxygens (including phenoxy) is 1. The number of hydrogen-bond donors (Lipinski definition) is 5. The van der Waals surface area contributed by atoms with E-state index in [2.05, 4.69) is 20.0 Å². The summed E-state index contributed by atoms with van der Waals surface area (Å²) in [6.07, 6.45) is -1.80. The van der Waals surface area contributed by atoms with Crippen LogP contribution in [-0.4, -0.2) is 40.8 Å². The van der Waals surface area contributed by atoms with Crippen LogP contribution >= 0.6 is 11.3 Å². The van der Waals surface area contributed by atoms with Crippen LogP contribution in [0.15, 0.2) is 62.9 Å². The number of aromatic amines is 1. The van der Waals surface area contributed by atoms with E-state index in [1.54, 1.807) is 36.4 Å². The summed E-state index contributed by atoms with van der Waals surface area (Å²) in [7, 11) is -4.25. The highest BCUT2D eigenvalue weighted by Crippen LogP contribution is 2.31. The number of carbonyl (C=O) groups is 2. The normalized spacial score (nSPS) is 11.2. The van der Waals surface area contributed by atoms with Crippen LogP contribution < -0.4 is 20.3 Å². The highest BCUT2D eigenvalue weighted by atomic mass is 32.2. The number of aromatic hydroxyl groups is 1. The number of nitrogens with one attached hydrogen (secondary N) is 3. The average Bonchev–Trinajstić information content (AvgIpc) is 3.23. The third kappa shape index (κ3) is 4.53. The van der Waals surface area contributed by atoms with E-state index in [-0.39, 0.29) is 22.0 Å². The van der Waals surface area contributed by atoms with Crippen molar-refractivity contribution in [3.05, 3.63) is 63.6 Å². The summed E-state index contributed by atoms with van der Waals surface area (Å²) in [6.45, 7) is 0. The van der Waals surface area contributed by atoms with Gasteiger partial charge in [-0.1, -0.05) is 36.4 Å². The van der Waals surface area contributed by atoms with Crippen molar-refractivity contribution < 1.29 is 33.0 Å². The summed E-state index contributed by atoms with van der Waals surface area (Å²) in [5.74, 6) is -2.13. The van der Waals surface area contributed by atoms with Crippen molar-refractivity contribution in [2.75, 3.05) is 5.32 Å². The molecule has 0 aliphatic carbocycles. The Labute approximate surface area is 194 Å². The van der Waals surface area contributed by atoms with Crippen molar-refractivity contribution in [2.24, 2.45) is 0 Å². The fourth-order valence-corrected chi connectivity index (χ4v) is 4.96. The lowest BCUT2D eigenvalue weighted by Gasteiger charge is -2.11. The molecule has 174 valence electrons. The largest absolute Gasteiger partial charge is 0.512 e. The van der Waals surface area contributed by atoms with Gasteiger partial charge in [-0.3, -0.25) is 4.79 Å². The summed E-state index contributed by atoms with van der Waals surface area (Å²) in [6, 6.07) is 10.3. The molecule has 4 rings (SSSR count). The quantitative estimate of drug-likeness (QED) is 0.256. The van der Waals surface area contributed by atoms with E-state index in [1.165, 1.54) is 16.8 Å². The van der Waals surface area contributed by atoms with Gasteiger partial charge < -0.3 is 25.3 Å². The molecule has 0 unspecified atom stereocenters. The summed E-state index contributed by atoms with van der Waals surface area (Å²) in [4.78, 5) is 41.1. The predicted molar refractivity (Wildman–Crippen MR) is 122 cm³/mol. The molecule has 12 nitrogen and oxygen atoms in total. The van der Waals surface area contributed by atoms with Gasteiger partial charge in [-0.05, 0) is 11.5 Å². The molecule has 0 saturated heterocycles. The smallest absolute Gasteiger partial charge is 0.499 e. The molecule has 0 radical (unpaired) electrons. The van der Waals surface area contributed by atoms with Crippen molar-refractivity contribution in [3.8, 4) is 23.0 Å². The van der Waals surface area contributed by atoms with Crippen LogP contribution in [0.2, 0.25) is 0 Å². The summed E-state index contributed by atoms with van der Waals surface area (Å²) in [5, 5.41) is 24.7. The Morgan fingerprint density at radius 3 is 2.59 bits per heavy atom. The van der Waals surface area contributed by atoms with Crippen LogP contribution in [-0.2, 0) is 10.0 Å². The first-order chi connectivity index (χ1) is 16.2. The number of H-pyrrole nitrogens is 1. The van der Waals surface area contributed by atoms with Crippen molar-refractivity contribution in [1.29, 1.82) is 0 Å². The molecule has 0 atom stereocenters. The van der Waals surface area contributed by atoms with E-state index in [0.29, 0.717) is 10.8 Å². The maximum atomic E-state index is 12.8. The Bertz CT molecular complexity index is 1590. The minimum absolute atomic E-state index is 0.0609. The molecule has 2 aromatic carbocycles. The van der Waals surface area contributed by atoms with Crippen LogP contribution in [0.4, 0.5) is 15.3 Å². The first-order valence-corrected chi connectivity index (χ1v) is 11.7. The Kier molecular flexibility index (Phi) is 5.91. The van der Waals surface area contributed by atoms with E-state index < -0.39 is 39.4 Å². The minimum atomic E-state index is -4.25. The zero-order valence-corrected chi connectivity index (χ0v) is 18.4. The average molecular weight is 502 g/mol. The standard InChI is InChI=1S/C20H14N4O8S2/c25-15-17(26)22-16(23-18(15)32-20(28)29)12-8-33-9-13(12)21-19(27)24-34(30,31)14-7-3-5-10-4-1-2-6-11(10)14/h1-9,25H,(H,28,29)(H2,21,24,27)(H,22,23,26). The molecule has 0 spiro atoms. The maximum absolute atomic E-state index is 12.8. The molecule has 0 aliphatic heterocycles. The van der Waals surface area contributed by atoms with Crippen molar-refractivity contribution in [3.63, 3.8) is 0 Å². The summed E-state index contributed by atoms with van der Waals surface area (Å²) in [5.41, 5.74) is -0.901. The number of sulfonamides is 1. The fourth-order valence-electron chi connectivity index (χ4n) is 3.06. The number of nitrogens with zero attached hydrogens (tertiary/aromatic N) is 1. The Hall–Kier alpha value is -4.43. The third-order valence-electron chi connectivity index (χ3n) is 4.48. The zero-order valence-electron chi connectivity index (χ0n) is 16.8. The monoisotopic (exact) mass is 502 g/mol. The Morgan fingerprint density at radius 2 is 1.82 bits per heavy atom. The van der Waals surface area contributed by atoms with Crippen LogP contribution in [0.1, 0.15) is 0 Å². The number of urea groups is 1. The summed E-state index contributed by atoms with van der Waals surface area (Å²) < 4.78 is 31.9.